The first-order chi connectivity index (χ1) is 13.7. The highest BCUT2D eigenvalue weighted by molar-refractivity contribution is 7.99. The molecule has 0 spiro atoms. The van der Waals surface area contributed by atoms with E-state index in [1.807, 2.05) is 17.9 Å². The Morgan fingerprint density at radius 1 is 1.14 bits per heavy atom. The number of aryl methyl sites for hydroxylation is 3. The molecular weight excluding hydrogens is 372 g/mol. The summed E-state index contributed by atoms with van der Waals surface area (Å²) in [6.45, 7) is 5.28. The number of nitrogens with zero attached hydrogens (tertiary/aromatic N) is 6. The van der Waals surface area contributed by atoms with Crippen molar-refractivity contribution in [2.75, 3.05) is 37.0 Å². The Bertz CT molecular complexity index is 915. The van der Waals surface area contributed by atoms with Crippen molar-refractivity contribution in [2.24, 2.45) is 7.05 Å². The summed E-state index contributed by atoms with van der Waals surface area (Å²) in [4.78, 5) is 2.27. The summed E-state index contributed by atoms with van der Waals surface area (Å²) in [5, 5.41) is 14.3. The standard InChI is InChI=1S/C20H26N6OS/c1-16-6-3-4-8-18(16)26-19(25-9-11-27-12-10-25)22-23-20(26)28-13-5-7-17-14-21-24(2)15-17/h3-4,6,8,14-15H,5,7,9-13H2,1-2H3. The molecule has 0 bridgehead atoms. The Balaban J connectivity index is 1.52. The third-order valence-electron chi connectivity index (χ3n) is 4.87. The maximum Gasteiger partial charge on any atom is 0.232 e. The Labute approximate surface area is 169 Å². The van der Waals surface area contributed by atoms with E-state index < -0.39 is 0 Å². The molecule has 1 saturated heterocycles. The number of benzene rings is 1. The van der Waals surface area contributed by atoms with E-state index in [0.717, 1.165) is 61.7 Å². The third-order valence-corrected chi connectivity index (χ3v) is 5.88. The molecule has 0 atom stereocenters. The number of ether oxygens (including phenoxy) is 1. The fraction of sp³-hybridized carbons (Fsp3) is 0.450. The molecule has 1 aromatic carbocycles. The van der Waals surface area contributed by atoms with Crippen LogP contribution in [-0.4, -0.2) is 56.6 Å². The second-order valence-corrected chi connectivity index (χ2v) is 8.04. The quantitative estimate of drug-likeness (QED) is 0.451. The number of thioether (sulfide) groups is 1. The number of morpholine rings is 1. The average molecular weight is 399 g/mol. The van der Waals surface area contributed by atoms with Gasteiger partial charge < -0.3 is 9.64 Å². The number of para-hydroxylation sites is 1. The van der Waals surface area contributed by atoms with Crippen LogP contribution < -0.4 is 4.90 Å². The van der Waals surface area contributed by atoms with Gasteiger partial charge in [0.2, 0.25) is 5.95 Å². The molecule has 0 amide bonds. The van der Waals surface area contributed by atoms with Gasteiger partial charge in [-0.2, -0.15) is 5.10 Å². The molecule has 8 heteroatoms. The molecule has 0 saturated carbocycles. The van der Waals surface area contributed by atoms with E-state index in [2.05, 4.69) is 62.1 Å². The first-order valence-electron chi connectivity index (χ1n) is 9.67. The van der Waals surface area contributed by atoms with Crippen molar-refractivity contribution < 1.29 is 4.74 Å². The summed E-state index contributed by atoms with van der Waals surface area (Å²) in [7, 11) is 1.95. The predicted molar refractivity (Wildman–Crippen MR) is 111 cm³/mol. The first-order valence-corrected chi connectivity index (χ1v) is 10.7. The van der Waals surface area contributed by atoms with Crippen LogP contribution in [-0.2, 0) is 18.2 Å². The van der Waals surface area contributed by atoms with Crippen molar-refractivity contribution in [3.63, 3.8) is 0 Å². The molecule has 2 aromatic heterocycles. The highest BCUT2D eigenvalue weighted by Gasteiger charge is 2.22. The number of anilines is 1. The van der Waals surface area contributed by atoms with E-state index in [1.54, 1.807) is 11.8 Å². The second-order valence-electron chi connectivity index (χ2n) is 6.98. The fourth-order valence-corrected chi connectivity index (χ4v) is 4.27. The van der Waals surface area contributed by atoms with Crippen LogP contribution in [0.4, 0.5) is 5.95 Å². The minimum Gasteiger partial charge on any atom is -0.378 e. The molecule has 148 valence electrons. The van der Waals surface area contributed by atoms with Crippen LogP contribution in [0, 0.1) is 6.92 Å². The zero-order chi connectivity index (χ0) is 19.3. The van der Waals surface area contributed by atoms with E-state index in [-0.39, 0.29) is 0 Å². The van der Waals surface area contributed by atoms with Gasteiger partial charge in [0, 0.05) is 32.1 Å². The van der Waals surface area contributed by atoms with E-state index in [4.69, 9.17) is 4.74 Å². The summed E-state index contributed by atoms with van der Waals surface area (Å²) in [6.07, 6.45) is 6.12. The fourth-order valence-electron chi connectivity index (χ4n) is 3.39. The minimum absolute atomic E-state index is 0.730. The highest BCUT2D eigenvalue weighted by Crippen LogP contribution is 2.29. The van der Waals surface area contributed by atoms with Gasteiger partial charge in [0.15, 0.2) is 5.16 Å². The number of rotatable bonds is 7. The molecule has 1 aliphatic heterocycles. The van der Waals surface area contributed by atoms with Crippen LogP contribution in [0.25, 0.3) is 5.69 Å². The molecule has 0 N–H and O–H groups in total. The zero-order valence-corrected chi connectivity index (χ0v) is 17.2. The summed E-state index contributed by atoms with van der Waals surface area (Å²) in [5.74, 6) is 1.90. The number of hydrogen-bond acceptors (Lipinski definition) is 6. The maximum atomic E-state index is 5.51. The molecule has 3 heterocycles. The Kier molecular flexibility index (Phi) is 5.97. The number of hydrogen-bond donors (Lipinski definition) is 0. The number of aromatic nitrogens is 5. The molecule has 1 aliphatic rings. The predicted octanol–water partition coefficient (Wildman–Crippen LogP) is 2.87. The molecule has 0 unspecified atom stereocenters. The molecule has 28 heavy (non-hydrogen) atoms. The summed E-state index contributed by atoms with van der Waals surface area (Å²) in [5.41, 5.74) is 3.63. The van der Waals surface area contributed by atoms with Crippen LogP contribution in [0.3, 0.4) is 0 Å². The minimum atomic E-state index is 0.730. The van der Waals surface area contributed by atoms with Crippen LogP contribution in [0.1, 0.15) is 17.5 Å². The lowest BCUT2D eigenvalue weighted by Gasteiger charge is -2.28. The van der Waals surface area contributed by atoms with Crippen LogP contribution in [0.2, 0.25) is 0 Å². The van der Waals surface area contributed by atoms with Gasteiger partial charge in [-0.3, -0.25) is 9.25 Å². The lowest BCUT2D eigenvalue weighted by atomic mass is 10.2. The normalized spacial score (nSPS) is 14.6. The van der Waals surface area contributed by atoms with Gasteiger partial charge in [-0.25, -0.2) is 0 Å². The van der Waals surface area contributed by atoms with Crippen LogP contribution in [0.5, 0.6) is 0 Å². The Morgan fingerprint density at radius 2 is 1.96 bits per heavy atom. The van der Waals surface area contributed by atoms with Crippen LogP contribution >= 0.6 is 11.8 Å². The van der Waals surface area contributed by atoms with Crippen molar-refractivity contribution in [1.82, 2.24) is 24.5 Å². The summed E-state index contributed by atoms with van der Waals surface area (Å²) < 4.78 is 9.57. The highest BCUT2D eigenvalue weighted by atomic mass is 32.2. The lowest BCUT2D eigenvalue weighted by Crippen LogP contribution is -2.38. The summed E-state index contributed by atoms with van der Waals surface area (Å²) >= 11 is 1.77. The molecule has 3 aromatic rings. The van der Waals surface area contributed by atoms with Crippen molar-refractivity contribution >= 4 is 17.7 Å². The topological polar surface area (TPSA) is 61.0 Å². The van der Waals surface area contributed by atoms with Gasteiger partial charge in [0.25, 0.3) is 0 Å². The molecule has 0 radical (unpaired) electrons. The van der Waals surface area contributed by atoms with Gasteiger partial charge >= 0.3 is 0 Å². The van der Waals surface area contributed by atoms with Crippen molar-refractivity contribution in [1.29, 1.82) is 0 Å². The lowest BCUT2D eigenvalue weighted by molar-refractivity contribution is 0.122. The second kappa shape index (κ2) is 8.79. The van der Waals surface area contributed by atoms with E-state index >= 15 is 0 Å². The Morgan fingerprint density at radius 3 is 2.71 bits per heavy atom. The van der Waals surface area contributed by atoms with Crippen molar-refractivity contribution in [3.8, 4) is 5.69 Å². The first kappa shape index (κ1) is 19.0. The van der Waals surface area contributed by atoms with Gasteiger partial charge in [-0.15, -0.1) is 10.2 Å². The maximum absolute atomic E-state index is 5.51. The van der Waals surface area contributed by atoms with Crippen molar-refractivity contribution in [2.45, 2.75) is 24.9 Å². The molecule has 7 nitrogen and oxygen atoms in total. The monoisotopic (exact) mass is 398 g/mol. The smallest absolute Gasteiger partial charge is 0.232 e. The van der Waals surface area contributed by atoms with E-state index in [9.17, 15) is 0 Å². The van der Waals surface area contributed by atoms with E-state index in [0.29, 0.717) is 0 Å². The Hall–Kier alpha value is -2.32. The average Bonchev–Trinajstić information content (AvgIpc) is 3.32. The van der Waals surface area contributed by atoms with Crippen LogP contribution in [0.15, 0.2) is 41.8 Å². The van der Waals surface area contributed by atoms with E-state index in [1.165, 1.54) is 11.1 Å². The van der Waals surface area contributed by atoms with Gasteiger partial charge in [-0.1, -0.05) is 30.0 Å². The molecule has 1 fully saturated rings. The van der Waals surface area contributed by atoms with Gasteiger partial charge in [-0.05, 0) is 37.0 Å². The third kappa shape index (κ3) is 4.23. The van der Waals surface area contributed by atoms with Gasteiger partial charge in [0.1, 0.15) is 0 Å². The molecule has 4 rings (SSSR count). The zero-order valence-electron chi connectivity index (χ0n) is 16.4. The largest absolute Gasteiger partial charge is 0.378 e. The molecule has 0 aliphatic carbocycles. The van der Waals surface area contributed by atoms with Gasteiger partial charge in [0.05, 0.1) is 25.1 Å². The molecular formula is C20H26N6OS. The SMILES string of the molecule is Cc1ccccc1-n1c(SCCCc2cnn(C)c2)nnc1N1CCOCC1. The van der Waals surface area contributed by atoms with Crippen molar-refractivity contribution in [3.05, 3.63) is 47.8 Å². The summed E-state index contributed by atoms with van der Waals surface area (Å²) in [6, 6.07) is 8.41.